The first-order valence-electron chi connectivity index (χ1n) is 8.10. The Morgan fingerprint density at radius 3 is 2.64 bits per heavy atom. The van der Waals surface area contributed by atoms with E-state index in [9.17, 15) is 4.79 Å². The topological polar surface area (TPSA) is 50.4 Å². The van der Waals surface area contributed by atoms with Crippen LogP contribution in [0.4, 0.5) is 0 Å². The first-order valence-corrected chi connectivity index (χ1v) is 8.10. The Morgan fingerprint density at radius 2 is 2.00 bits per heavy atom. The molecule has 2 fully saturated rings. The molecule has 22 heavy (non-hydrogen) atoms. The Hall–Kier alpha value is -1.55. The summed E-state index contributed by atoms with van der Waals surface area (Å²) in [5.41, 5.74) is 2.00. The molecule has 2 aliphatic rings. The minimum atomic E-state index is -0.362. The van der Waals surface area contributed by atoms with Gasteiger partial charge in [0.15, 0.2) is 0 Å². The number of rotatable bonds is 5. The lowest BCUT2D eigenvalue weighted by molar-refractivity contribution is -0.125. The number of aryl methyl sites for hydroxylation is 2. The van der Waals surface area contributed by atoms with Gasteiger partial charge in [0.1, 0.15) is 12.4 Å². The highest BCUT2D eigenvalue weighted by molar-refractivity contribution is 5.83. The van der Waals surface area contributed by atoms with Gasteiger partial charge in [-0.05, 0) is 64.3 Å². The molecule has 1 heterocycles. The standard InChI is InChI=1S/C18H26N2O2/c1-11-5-6-15(12(2)7-11)22-10-18(3,4)20-17(21)16-13-8-19-9-14(13)16/h5-7,13-14,16,19H,8-10H2,1-4H3,(H,20,21). The van der Waals surface area contributed by atoms with Crippen LogP contribution in [0.3, 0.4) is 0 Å². The number of amides is 1. The summed E-state index contributed by atoms with van der Waals surface area (Å²) in [6.45, 7) is 10.6. The van der Waals surface area contributed by atoms with E-state index in [1.54, 1.807) is 0 Å². The molecule has 1 saturated carbocycles. The minimum Gasteiger partial charge on any atom is -0.491 e. The first-order chi connectivity index (χ1) is 10.4. The molecule has 1 amide bonds. The molecule has 1 aromatic rings. The van der Waals surface area contributed by atoms with Crippen LogP contribution in [-0.4, -0.2) is 31.1 Å². The second-order valence-electron chi connectivity index (χ2n) is 7.44. The summed E-state index contributed by atoms with van der Waals surface area (Å²) >= 11 is 0. The Bertz CT molecular complexity index is 572. The van der Waals surface area contributed by atoms with Crippen LogP contribution < -0.4 is 15.4 Å². The van der Waals surface area contributed by atoms with Crippen LogP contribution in [0.5, 0.6) is 5.75 Å². The van der Waals surface area contributed by atoms with E-state index in [0.717, 1.165) is 24.4 Å². The van der Waals surface area contributed by atoms with Crippen molar-refractivity contribution in [2.75, 3.05) is 19.7 Å². The van der Waals surface area contributed by atoms with Gasteiger partial charge < -0.3 is 15.4 Å². The van der Waals surface area contributed by atoms with Gasteiger partial charge in [-0.25, -0.2) is 0 Å². The molecule has 4 heteroatoms. The molecule has 0 bridgehead atoms. The molecular formula is C18H26N2O2. The molecule has 2 N–H and O–H groups in total. The number of ether oxygens (including phenoxy) is 1. The lowest BCUT2D eigenvalue weighted by Crippen LogP contribution is -2.49. The summed E-state index contributed by atoms with van der Waals surface area (Å²) in [7, 11) is 0. The summed E-state index contributed by atoms with van der Waals surface area (Å²) in [4.78, 5) is 12.4. The van der Waals surface area contributed by atoms with E-state index in [1.807, 2.05) is 32.9 Å². The van der Waals surface area contributed by atoms with Crippen LogP contribution >= 0.6 is 0 Å². The van der Waals surface area contributed by atoms with Crippen LogP contribution in [0.15, 0.2) is 18.2 Å². The maximum absolute atomic E-state index is 12.4. The minimum absolute atomic E-state index is 0.186. The van der Waals surface area contributed by atoms with Crippen LogP contribution in [0.1, 0.15) is 25.0 Å². The monoisotopic (exact) mass is 302 g/mol. The molecule has 1 aliphatic heterocycles. The van der Waals surface area contributed by atoms with Crippen molar-refractivity contribution in [1.82, 2.24) is 10.6 Å². The zero-order chi connectivity index (χ0) is 15.9. The molecule has 1 aromatic carbocycles. The molecule has 2 unspecified atom stereocenters. The summed E-state index contributed by atoms with van der Waals surface area (Å²) in [6, 6.07) is 6.16. The van der Waals surface area contributed by atoms with Crippen LogP contribution in [-0.2, 0) is 4.79 Å². The van der Waals surface area contributed by atoms with E-state index in [0.29, 0.717) is 18.4 Å². The van der Waals surface area contributed by atoms with Crippen molar-refractivity contribution in [2.45, 2.75) is 33.2 Å². The van der Waals surface area contributed by atoms with Crippen LogP contribution in [0.25, 0.3) is 0 Å². The Balaban J connectivity index is 1.53. The maximum Gasteiger partial charge on any atom is 0.224 e. The number of benzene rings is 1. The quantitative estimate of drug-likeness (QED) is 0.875. The predicted molar refractivity (Wildman–Crippen MR) is 87.0 cm³/mol. The number of hydrogen-bond acceptors (Lipinski definition) is 3. The van der Waals surface area contributed by atoms with Crippen molar-refractivity contribution in [3.05, 3.63) is 29.3 Å². The molecule has 1 aliphatic carbocycles. The second-order valence-corrected chi connectivity index (χ2v) is 7.44. The van der Waals surface area contributed by atoms with Crippen molar-refractivity contribution < 1.29 is 9.53 Å². The van der Waals surface area contributed by atoms with Gasteiger partial charge in [0.25, 0.3) is 0 Å². The normalized spacial score (nSPS) is 26.5. The smallest absolute Gasteiger partial charge is 0.224 e. The fourth-order valence-electron chi connectivity index (χ4n) is 3.48. The highest BCUT2D eigenvalue weighted by atomic mass is 16.5. The summed E-state index contributed by atoms with van der Waals surface area (Å²) in [5, 5.41) is 6.48. The molecule has 0 spiro atoms. The molecule has 0 radical (unpaired) electrons. The van der Waals surface area contributed by atoms with E-state index in [2.05, 4.69) is 23.6 Å². The Labute approximate surface area is 132 Å². The molecular weight excluding hydrogens is 276 g/mol. The molecule has 4 nitrogen and oxygen atoms in total. The third-order valence-corrected chi connectivity index (χ3v) is 4.77. The van der Waals surface area contributed by atoms with Gasteiger partial charge in [-0.15, -0.1) is 0 Å². The molecule has 120 valence electrons. The maximum atomic E-state index is 12.4. The molecule has 1 saturated heterocycles. The fourth-order valence-corrected chi connectivity index (χ4v) is 3.48. The number of carbonyl (C=O) groups is 1. The van der Waals surface area contributed by atoms with Crippen LogP contribution in [0, 0.1) is 31.6 Å². The fraction of sp³-hybridized carbons (Fsp3) is 0.611. The highest BCUT2D eigenvalue weighted by Gasteiger charge is 2.57. The number of hydrogen-bond donors (Lipinski definition) is 2. The van der Waals surface area contributed by atoms with Gasteiger partial charge in [-0.1, -0.05) is 17.7 Å². The first kappa shape index (κ1) is 15.3. The molecule has 3 rings (SSSR count). The van der Waals surface area contributed by atoms with Gasteiger partial charge in [0.05, 0.1) is 5.54 Å². The summed E-state index contributed by atoms with van der Waals surface area (Å²) in [5.74, 6) is 2.39. The average molecular weight is 302 g/mol. The van der Waals surface area contributed by atoms with E-state index in [4.69, 9.17) is 4.74 Å². The number of nitrogens with one attached hydrogen (secondary N) is 2. The SMILES string of the molecule is Cc1ccc(OCC(C)(C)NC(=O)C2C3CNCC32)c(C)c1. The number of fused-ring (bicyclic) bond motifs is 1. The van der Waals surface area contributed by atoms with Crippen molar-refractivity contribution in [1.29, 1.82) is 0 Å². The molecule has 0 aromatic heterocycles. The van der Waals surface area contributed by atoms with Crippen molar-refractivity contribution in [3.63, 3.8) is 0 Å². The lowest BCUT2D eigenvalue weighted by atomic mass is 10.1. The predicted octanol–water partition coefficient (Wildman–Crippen LogP) is 2.04. The summed E-state index contributed by atoms with van der Waals surface area (Å²) in [6.07, 6.45) is 0. The Morgan fingerprint density at radius 1 is 1.32 bits per heavy atom. The third-order valence-electron chi connectivity index (χ3n) is 4.77. The Kier molecular flexibility index (Phi) is 3.89. The van der Waals surface area contributed by atoms with Crippen molar-refractivity contribution >= 4 is 5.91 Å². The zero-order valence-electron chi connectivity index (χ0n) is 13.9. The van der Waals surface area contributed by atoms with E-state index < -0.39 is 0 Å². The average Bonchev–Trinajstić information content (AvgIpc) is 2.91. The van der Waals surface area contributed by atoms with E-state index in [1.165, 1.54) is 5.56 Å². The van der Waals surface area contributed by atoms with Crippen molar-refractivity contribution in [3.8, 4) is 5.75 Å². The van der Waals surface area contributed by atoms with Crippen molar-refractivity contribution in [2.24, 2.45) is 17.8 Å². The lowest BCUT2D eigenvalue weighted by Gasteiger charge is -2.27. The number of carbonyl (C=O) groups excluding carboxylic acids is 1. The van der Waals surface area contributed by atoms with E-state index >= 15 is 0 Å². The molecule has 2 atom stereocenters. The second kappa shape index (κ2) is 5.58. The number of piperidine rings is 1. The van der Waals surface area contributed by atoms with Gasteiger partial charge >= 0.3 is 0 Å². The van der Waals surface area contributed by atoms with Gasteiger partial charge in [0.2, 0.25) is 5.91 Å². The van der Waals surface area contributed by atoms with Gasteiger partial charge in [-0.2, -0.15) is 0 Å². The summed E-state index contributed by atoms with van der Waals surface area (Å²) < 4.78 is 5.92. The highest BCUT2D eigenvalue weighted by Crippen LogP contribution is 2.48. The van der Waals surface area contributed by atoms with E-state index in [-0.39, 0.29) is 17.4 Å². The van der Waals surface area contributed by atoms with Gasteiger partial charge in [0, 0.05) is 5.92 Å². The largest absolute Gasteiger partial charge is 0.491 e. The van der Waals surface area contributed by atoms with Crippen LogP contribution in [0.2, 0.25) is 0 Å². The van der Waals surface area contributed by atoms with Gasteiger partial charge in [-0.3, -0.25) is 4.79 Å². The zero-order valence-corrected chi connectivity index (χ0v) is 13.9. The third kappa shape index (κ3) is 3.12.